The molecule has 4 nitrogen and oxygen atoms in total. The monoisotopic (exact) mass is 288 g/mol. The van der Waals surface area contributed by atoms with Crippen LogP contribution in [0.1, 0.15) is 31.7 Å². The molecule has 2 rings (SSSR count). The molecule has 1 aliphatic rings. The molecule has 0 atom stereocenters. The molecular formula is C17H24N2O2. The maximum atomic E-state index is 12.2. The lowest BCUT2D eigenvalue weighted by Gasteiger charge is -2.31. The van der Waals surface area contributed by atoms with E-state index in [1.165, 1.54) is 0 Å². The Morgan fingerprint density at radius 3 is 2.48 bits per heavy atom. The predicted molar refractivity (Wildman–Crippen MR) is 82.8 cm³/mol. The minimum atomic E-state index is 0.0670. The van der Waals surface area contributed by atoms with Gasteiger partial charge in [-0.2, -0.15) is 0 Å². The summed E-state index contributed by atoms with van der Waals surface area (Å²) < 4.78 is 0. The third-order valence-electron chi connectivity index (χ3n) is 3.97. The zero-order chi connectivity index (χ0) is 15.1. The molecule has 1 aromatic rings. The second-order valence-corrected chi connectivity index (χ2v) is 5.61. The van der Waals surface area contributed by atoms with Crippen LogP contribution < -0.4 is 5.32 Å². The van der Waals surface area contributed by atoms with Crippen LogP contribution in [0, 0.1) is 5.92 Å². The van der Waals surface area contributed by atoms with E-state index in [2.05, 4.69) is 5.32 Å². The van der Waals surface area contributed by atoms with Crippen LogP contribution in [0.15, 0.2) is 30.3 Å². The molecule has 0 aromatic heterocycles. The van der Waals surface area contributed by atoms with Crippen molar-refractivity contribution in [2.24, 2.45) is 5.92 Å². The van der Waals surface area contributed by atoms with E-state index >= 15 is 0 Å². The average molecular weight is 288 g/mol. The number of rotatable bonds is 5. The number of carbonyl (C=O) groups is 2. The van der Waals surface area contributed by atoms with Gasteiger partial charge in [0, 0.05) is 25.6 Å². The van der Waals surface area contributed by atoms with Gasteiger partial charge >= 0.3 is 0 Å². The lowest BCUT2D eigenvalue weighted by molar-refractivity contribution is -0.135. The summed E-state index contributed by atoms with van der Waals surface area (Å²) in [7, 11) is 0. The summed E-state index contributed by atoms with van der Waals surface area (Å²) in [5.74, 6) is 0.373. The number of carbonyl (C=O) groups excluding carboxylic acids is 2. The number of piperidine rings is 1. The van der Waals surface area contributed by atoms with Gasteiger partial charge in [0.1, 0.15) is 0 Å². The number of hydrogen-bond donors (Lipinski definition) is 1. The van der Waals surface area contributed by atoms with Gasteiger partial charge in [0.25, 0.3) is 0 Å². The molecule has 0 aliphatic carbocycles. The fourth-order valence-corrected chi connectivity index (χ4v) is 2.67. The smallest absolute Gasteiger partial charge is 0.226 e. The molecule has 0 bridgehead atoms. The minimum Gasteiger partial charge on any atom is -0.356 e. The molecule has 21 heavy (non-hydrogen) atoms. The first-order chi connectivity index (χ1) is 10.2. The van der Waals surface area contributed by atoms with Crippen molar-refractivity contribution in [3.8, 4) is 0 Å². The Balaban J connectivity index is 1.78. The van der Waals surface area contributed by atoms with E-state index in [1.54, 1.807) is 0 Å². The lowest BCUT2D eigenvalue weighted by Crippen LogP contribution is -2.43. The van der Waals surface area contributed by atoms with Gasteiger partial charge in [0.05, 0.1) is 6.42 Å². The van der Waals surface area contributed by atoms with Crippen LogP contribution >= 0.6 is 0 Å². The zero-order valence-electron chi connectivity index (χ0n) is 12.7. The van der Waals surface area contributed by atoms with Crippen LogP contribution in [0.5, 0.6) is 0 Å². The Bertz CT molecular complexity index is 465. The Morgan fingerprint density at radius 2 is 1.86 bits per heavy atom. The van der Waals surface area contributed by atoms with Gasteiger partial charge in [-0.1, -0.05) is 37.3 Å². The van der Waals surface area contributed by atoms with Crippen molar-refractivity contribution in [1.29, 1.82) is 0 Å². The number of nitrogens with zero attached hydrogens (tertiary/aromatic N) is 1. The van der Waals surface area contributed by atoms with Crippen LogP contribution in [0.25, 0.3) is 0 Å². The molecule has 0 unspecified atom stereocenters. The molecule has 1 heterocycles. The minimum absolute atomic E-state index is 0.0670. The highest BCUT2D eigenvalue weighted by Crippen LogP contribution is 2.18. The first kappa shape index (κ1) is 15.5. The van der Waals surface area contributed by atoms with Crippen molar-refractivity contribution >= 4 is 11.8 Å². The van der Waals surface area contributed by atoms with Crippen molar-refractivity contribution in [2.45, 2.75) is 32.6 Å². The van der Waals surface area contributed by atoms with Gasteiger partial charge in [0.2, 0.25) is 11.8 Å². The van der Waals surface area contributed by atoms with E-state index in [0.717, 1.165) is 31.4 Å². The molecule has 0 radical (unpaired) electrons. The quantitative estimate of drug-likeness (QED) is 0.901. The number of likely N-dealkylation sites (tertiary alicyclic amines) is 1. The molecule has 0 saturated carbocycles. The van der Waals surface area contributed by atoms with E-state index in [0.29, 0.717) is 19.5 Å². The van der Waals surface area contributed by atoms with Gasteiger partial charge in [-0.3, -0.25) is 9.59 Å². The van der Waals surface area contributed by atoms with Gasteiger partial charge in [-0.05, 0) is 24.8 Å². The molecule has 2 amide bonds. The van der Waals surface area contributed by atoms with Gasteiger partial charge < -0.3 is 10.2 Å². The molecule has 1 N–H and O–H groups in total. The highest BCUT2D eigenvalue weighted by molar-refractivity contribution is 5.81. The van der Waals surface area contributed by atoms with E-state index < -0.39 is 0 Å². The summed E-state index contributed by atoms with van der Waals surface area (Å²) >= 11 is 0. The van der Waals surface area contributed by atoms with E-state index in [1.807, 2.05) is 42.2 Å². The van der Waals surface area contributed by atoms with E-state index in [9.17, 15) is 9.59 Å². The largest absolute Gasteiger partial charge is 0.356 e. The Hall–Kier alpha value is -1.84. The van der Waals surface area contributed by atoms with Crippen LogP contribution in [-0.2, 0) is 16.0 Å². The second-order valence-electron chi connectivity index (χ2n) is 5.61. The highest BCUT2D eigenvalue weighted by Gasteiger charge is 2.26. The third kappa shape index (κ3) is 4.59. The van der Waals surface area contributed by atoms with Crippen molar-refractivity contribution in [1.82, 2.24) is 10.2 Å². The summed E-state index contributed by atoms with van der Waals surface area (Å²) in [5.41, 5.74) is 1.05. The summed E-state index contributed by atoms with van der Waals surface area (Å²) in [5, 5.41) is 2.94. The normalized spacial score (nSPS) is 15.8. The first-order valence-corrected chi connectivity index (χ1v) is 7.80. The second kappa shape index (κ2) is 7.81. The van der Waals surface area contributed by atoms with Crippen molar-refractivity contribution < 1.29 is 9.59 Å². The van der Waals surface area contributed by atoms with Crippen LogP contribution in [-0.4, -0.2) is 36.3 Å². The Labute approximate surface area is 126 Å². The SMILES string of the molecule is CCCNC(=O)C1CCN(C(=O)Cc2ccccc2)CC1. The molecule has 1 fully saturated rings. The van der Waals surface area contributed by atoms with Crippen LogP contribution in [0.2, 0.25) is 0 Å². The summed E-state index contributed by atoms with van der Waals surface area (Å²) in [4.78, 5) is 26.0. The van der Waals surface area contributed by atoms with E-state index in [-0.39, 0.29) is 17.7 Å². The van der Waals surface area contributed by atoms with Crippen LogP contribution in [0.4, 0.5) is 0 Å². The maximum absolute atomic E-state index is 12.2. The molecule has 1 aliphatic heterocycles. The average Bonchev–Trinajstić information content (AvgIpc) is 2.53. The molecule has 114 valence electrons. The Morgan fingerprint density at radius 1 is 1.19 bits per heavy atom. The number of benzene rings is 1. The third-order valence-corrected chi connectivity index (χ3v) is 3.97. The van der Waals surface area contributed by atoms with Crippen molar-refractivity contribution in [3.63, 3.8) is 0 Å². The summed E-state index contributed by atoms with van der Waals surface area (Å²) in [6.45, 7) is 4.17. The fourth-order valence-electron chi connectivity index (χ4n) is 2.67. The lowest BCUT2D eigenvalue weighted by atomic mass is 9.95. The molecule has 1 saturated heterocycles. The van der Waals surface area contributed by atoms with Crippen LogP contribution in [0.3, 0.4) is 0 Å². The van der Waals surface area contributed by atoms with Gasteiger partial charge in [-0.25, -0.2) is 0 Å². The standard InChI is InChI=1S/C17H24N2O2/c1-2-10-18-17(21)15-8-11-19(12-9-15)16(20)13-14-6-4-3-5-7-14/h3-7,15H,2,8-13H2,1H3,(H,18,21). The van der Waals surface area contributed by atoms with Crippen molar-refractivity contribution in [2.75, 3.05) is 19.6 Å². The summed E-state index contributed by atoms with van der Waals surface area (Å²) in [6.07, 6.45) is 2.96. The maximum Gasteiger partial charge on any atom is 0.226 e. The number of nitrogens with one attached hydrogen (secondary N) is 1. The number of hydrogen-bond acceptors (Lipinski definition) is 2. The van der Waals surface area contributed by atoms with Gasteiger partial charge in [-0.15, -0.1) is 0 Å². The number of amides is 2. The van der Waals surface area contributed by atoms with E-state index in [4.69, 9.17) is 0 Å². The molecule has 0 spiro atoms. The highest BCUT2D eigenvalue weighted by atomic mass is 16.2. The Kier molecular flexibility index (Phi) is 5.78. The topological polar surface area (TPSA) is 49.4 Å². The zero-order valence-corrected chi connectivity index (χ0v) is 12.7. The van der Waals surface area contributed by atoms with Crippen molar-refractivity contribution in [3.05, 3.63) is 35.9 Å². The molecular weight excluding hydrogens is 264 g/mol. The molecule has 1 aromatic carbocycles. The summed E-state index contributed by atoms with van der Waals surface area (Å²) in [6, 6.07) is 9.81. The molecule has 4 heteroatoms. The predicted octanol–water partition coefficient (Wildman–Crippen LogP) is 1.99. The van der Waals surface area contributed by atoms with Gasteiger partial charge in [0.15, 0.2) is 0 Å². The fraction of sp³-hybridized carbons (Fsp3) is 0.529. The first-order valence-electron chi connectivity index (χ1n) is 7.80.